The second kappa shape index (κ2) is 7.28. The summed E-state index contributed by atoms with van der Waals surface area (Å²) in [6, 6.07) is 5.71. The Morgan fingerprint density at radius 2 is 1.53 bits per heavy atom. The minimum absolute atomic E-state index is 0.0495. The van der Waals surface area contributed by atoms with Crippen LogP contribution in [0.3, 0.4) is 0 Å². The quantitative estimate of drug-likeness (QED) is 0.644. The monoisotopic (exact) mass is 512 g/mol. The number of benzene rings is 1. The second-order valence-corrected chi connectivity index (χ2v) is 13.5. The number of carbonyl (C=O) groups excluding carboxylic acids is 1. The number of aromatic nitrogens is 3. The van der Waals surface area contributed by atoms with Gasteiger partial charge in [0.2, 0.25) is 10.0 Å². The number of aromatic carboxylic acids is 1. The molecule has 11 nitrogen and oxygen atoms in total. The second-order valence-electron chi connectivity index (χ2n) is 11.5. The lowest BCUT2D eigenvalue weighted by molar-refractivity contribution is -0.101. The van der Waals surface area contributed by atoms with Crippen molar-refractivity contribution in [2.75, 3.05) is 39.3 Å². The molecule has 36 heavy (non-hydrogen) atoms. The Labute approximate surface area is 208 Å². The van der Waals surface area contributed by atoms with Gasteiger partial charge in [0.1, 0.15) is 6.33 Å². The minimum atomic E-state index is -3.66. The molecule has 1 N–H and O–H groups in total. The van der Waals surface area contributed by atoms with Crippen molar-refractivity contribution >= 4 is 22.0 Å². The Balaban J connectivity index is 0.880. The Morgan fingerprint density at radius 1 is 0.917 bits per heavy atom. The van der Waals surface area contributed by atoms with Crippen LogP contribution in [-0.2, 0) is 10.0 Å². The van der Waals surface area contributed by atoms with E-state index in [1.165, 1.54) is 41.4 Å². The molecule has 3 aliphatic heterocycles. The fourth-order valence-electron chi connectivity index (χ4n) is 6.37. The zero-order chi connectivity index (χ0) is 24.9. The van der Waals surface area contributed by atoms with Gasteiger partial charge < -0.3 is 14.9 Å². The lowest BCUT2D eigenvalue weighted by Gasteiger charge is -2.63. The van der Waals surface area contributed by atoms with Gasteiger partial charge in [-0.25, -0.2) is 27.7 Å². The fourth-order valence-corrected chi connectivity index (χ4v) is 8.03. The first-order chi connectivity index (χ1) is 17.2. The van der Waals surface area contributed by atoms with Gasteiger partial charge in [-0.15, -0.1) is 0 Å². The Kier molecular flexibility index (Phi) is 4.50. The molecule has 1 aromatic carbocycles. The first kappa shape index (κ1) is 22.2. The standard InChI is InChI=1S/C24H28N6O5S/c31-21(32)17-3-5-19(6-4-17)36(34,35)29-13-24(14-29)11-28(12-24)22(33)27-9-23(10-27)7-18(8-23)30-15-25-20(26-30)16-1-2-16/h3-6,15-16,18H,1-2,7-14H2,(H,31,32). The van der Waals surface area contributed by atoms with Crippen LogP contribution in [0.4, 0.5) is 4.79 Å². The maximum atomic E-state index is 12.9. The molecular formula is C24H28N6O5S. The van der Waals surface area contributed by atoms with Gasteiger partial charge in [-0.3, -0.25) is 0 Å². The number of hydrogen-bond acceptors (Lipinski definition) is 6. The number of carboxylic acid groups (broad SMARTS) is 1. The average Bonchev–Trinajstić information content (AvgIpc) is 3.47. The first-order valence-electron chi connectivity index (χ1n) is 12.4. The van der Waals surface area contributed by atoms with Gasteiger partial charge in [-0.05, 0) is 49.9 Å². The van der Waals surface area contributed by atoms with E-state index in [1.54, 1.807) is 0 Å². The zero-order valence-electron chi connectivity index (χ0n) is 19.8. The van der Waals surface area contributed by atoms with Crippen molar-refractivity contribution in [2.45, 2.75) is 42.5 Å². The van der Waals surface area contributed by atoms with Crippen LogP contribution in [0.15, 0.2) is 35.5 Å². The zero-order valence-corrected chi connectivity index (χ0v) is 20.6. The number of carbonyl (C=O) groups is 2. The number of nitrogens with zero attached hydrogens (tertiary/aromatic N) is 6. The van der Waals surface area contributed by atoms with E-state index in [0.717, 1.165) is 31.8 Å². The normalized spacial score (nSPS) is 24.7. The summed E-state index contributed by atoms with van der Waals surface area (Å²) < 4.78 is 29.1. The van der Waals surface area contributed by atoms with Crippen molar-refractivity contribution < 1.29 is 23.1 Å². The summed E-state index contributed by atoms with van der Waals surface area (Å²) in [5, 5.41) is 13.7. The number of urea groups is 1. The molecule has 0 bridgehead atoms. The largest absolute Gasteiger partial charge is 0.478 e. The third kappa shape index (κ3) is 3.37. The lowest BCUT2D eigenvalue weighted by Crippen LogP contribution is -2.76. The van der Waals surface area contributed by atoms with E-state index >= 15 is 0 Å². The van der Waals surface area contributed by atoms with Gasteiger partial charge in [0.15, 0.2) is 5.82 Å². The molecule has 12 heteroatoms. The molecule has 0 atom stereocenters. The van der Waals surface area contributed by atoms with Crippen LogP contribution < -0.4 is 0 Å². The van der Waals surface area contributed by atoms with E-state index in [2.05, 4.69) is 10.1 Å². The van der Waals surface area contributed by atoms with Crippen molar-refractivity contribution in [3.63, 3.8) is 0 Å². The molecule has 0 radical (unpaired) electrons. The SMILES string of the molecule is O=C(O)c1ccc(S(=O)(=O)N2CC3(CN(C(=O)N4CC5(CC(n6cnc(C7CC7)n6)C5)C4)C3)C2)cc1. The molecule has 2 aliphatic carbocycles. The number of likely N-dealkylation sites (tertiary alicyclic amines) is 2. The molecule has 2 saturated carbocycles. The Hall–Kier alpha value is -2.99. The van der Waals surface area contributed by atoms with Gasteiger partial charge in [0.05, 0.1) is 16.5 Å². The van der Waals surface area contributed by atoms with Crippen LogP contribution >= 0.6 is 0 Å². The molecule has 7 rings (SSSR count). The molecule has 1 aromatic heterocycles. The maximum Gasteiger partial charge on any atom is 0.335 e. The summed E-state index contributed by atoms with van der Waals surface area (Å²) >= 11 is 0. The van der Waals surface area contributed by atoms with Crippen molar-refractivity contribution in [3.8, 4) is 0 Å². The highest BCUT2D eigenvalue weighted by molar-refractivity contribution is 7.89. The fraction of sp³-hybridized carbons (Fsp3) is 0.583. The van der Waals surface area contributed by atoms with Gasteiger partial charge in [0, 0.05) is 56.0 Å². The molecule has 3 saturated heterocycles. The van der Waals surface area contributed by atoms with E-state index in [0.29, 0.717) is 38.1 Å². The third-order valence-corrected chi connectivity index (χ3v) is 10.4. The van der Waals surface area contributed by atoms with Crippen LogP contribution in [0.2, 0.25) is 0 Å². The minimum Gasteiger partial charge on any atom is -0.478 e. The summed E-state index contributed by atoms with van der Waals surface area (Å²) in [5.74, 6) is 0.445. The average molecular weight is 513 g/mol. The van der Waals surface area contributed by atoms with Crippen molar-refractivity contribution in [3.05, 3.63) is 42.0 Å². The van der Waals surface area contributed by atoms with Crippen molar-refractivity contribution in [1.29, 1.82) is 0 Å². The molecule has 2 amide bonds. The van der Waals surface area contributed by atoms with E-state index < -0.39 is 16.0 Å². The number of hydrogen-bond donors (Lipinski definition) is 1. The topological polar surface area (TPSA) is 129 Å². The molecule has 0 unspecified atom stereocenters. The highest BCUT2D eigenvalue weighted by atomic mass is 32.2. The third-order valence-electron chi connectivity index (χ3n) is 8.59. The predicted molar refractivity (Wildman–Crippen MR) is 126 cm³/mol. The summed E-state index contributed by atoms with van der Waals surface area (Å²) in [6.07, 6.45) is 6.33. The maximum absolute atomic E-state index is 12.9. The van der Waals surface area contributed by atoms with E-state index in [1.807, 2.05) is 20.8 Å². The number of sulfonamides is 1. The first-order valence-corrected chi connectivity index (χ1v) is 13.9. The molecule has 2 aromatic rings. The molecule has 4 heterocycles. The van der Waals surface area contributed by atoms with Crippen molar-refractivity contribution in [2.24, 2.45) is 10.8 Å². The van der Waals surface area contributed by atoms with Gasteiger partial charge in [-0.2, -0.15) is 9.40 Å². The Morgan fingerprint density at radius 3 is 2.11 bits per heavy atom. The summed E-state index contributed by atoms with van der Waals surface area (Å²) in [6.45, 7) is 3.47. The lowest BCUT2D eigenvalue weighted by atomic mass is 9.60. The van der Waals surface area contributed by atoms with E-state index in [9.17, 15) is 18.0 Å². The Bertz CT molecular complexity index is 1340. The predicted octanol–water partition coefficient (Wildman–Crippen LogP) is 1.62. The number of carboxylic acids is 1. The summed E-state index contributed by atoms with van der Waals surface area (Å²) in [5.41, 5.74) is 0.0975. The van der Waals surface area contributed by atoms with Gasteiger partial charge in [-0.1, -0.05) is 0 Å². The van der Waals surface area contributed by atoms with Gasteiger partial charge in [0.25, 0.3) is 0 Å². The van der Waals surface area contributed by atoms with E-state index in [-0.39, 0.29) is 27.3 Å². The van der Waals surface area contributed by atoms with Crippen LogP contribution in [0.25, 0.3) is 0 Å². The van der Waals surface area contributed by atoms with Gasteiger partial charge >= 0.3 is 12.0 Å². The molecule has 2 spiro atoms. The van der Waals surface area contributed by atoms with E-state index in [4.69, 9.17) is 5.11 Å². The molecule has 5 fully saturated rings. The van der Waals surface area contributed by atoms with Crippen LogP contribution in [0, 0.1) is 10.8 Å². The molecular weight excluding hydrogens is 484 g/mol. The molecule has 5 aliphatic rings. The summed E-state index contributed by atoms with van der Waals surface area (Å²) in [7, 11) is -3.66. The van der Waals surface area contributed by atoms with Crippen LogP contribution in [0.1, 0.15) is 53.8 Å². The number of amides is 2. The number of rotatable bonds is 5. The summed E-state index contributed by atoms with van der Waals surface area (Å²) in [4.78, 5) is 32.2. The highest BCUT2D eigenvalue weighted by Gasteiger charge is 2.60. The van der Waals surface area contributed by atoms with Crippen LogP contribution in [-0.4, -0.2) is 93.7 Å². The smallest absolute Gasteiger partial charge is 0.335 e. The molecule has 190 valence electrons. The van der Waals surface area contributed by atoms with Crippen LogP contribution in [0.5, 0.6) is 0 Å². The highest BCUT2D eigenvalue weighted by Crippen LogP contribution is 2.54. The van der Waals surface area contributed by atoms with Crippen molar-refractivity contribution in [1.82, 2.24) is 28.9 Å².